The largest absolute Gasteiger partial charge is 0.343 e. The number of nitrogens with zero attached hydrogens (tertiary/aromatic N) is 1. The molecule has 1 aromatic rings. The quantitative estimate of drug-likeness (QED) is 0.802. The van der Waals surface area contributed by atoms with Crippen molar-refractivity contribution in [2.24, 2.45) is 0 Å². The van der Waals surface area contributed by atoms with Gasteiger partial charge in [0.05, 0.1) is 0 Å². The first-order valence-corrected chi connectivity index (χ1v) is 7.72. The van der Waals surface area contributed by atoms with Crippen LogP contribution in [0.3, 0.4) is 0 Å². The molecular weight excluding hydrogens is 262 g/mol. The Bertz CT molecular complexity index is 403. The maximum absolute atomic E-state index is 6.21. The molecule has 1 saturated heterocycles. The van der Waals surface area contributed by atoms with Gasteiger partial charge in [-0.1, -0.05) is 31.7 Å². The molecule has 0 N–H and O–H groups in total. The van der Waals surface area contributed by atoms with Gasteiger partial charge in [0.2, 0.25) is 10.9 Å². The van der Waals surface area contributed by atoms with Gasteiger partial charge in [-0.15, -0.1) is 0 Å². The Hall–Kier alpha value is -0.620. The molecule has 106 valence electrons. The van der Waals surface area contributed by atoms with Gasteiger partial charge in [-0.05, 0) is 24.8 Å². The minimum atomic E-state index is -0.881. The molecule has 2 rings (SSSR count). The summed E-state index contributed by atoms with van der Waals surface area (Å²) >= 11 is 1.66. The Morgan fingerprint density at radius 2 is 2.21 bits per heavy atom. The van der Waals surface area contributed by atoms with Crippen LogP contribution >= 0.6 is 11.8 Å². The zero-order chi connectivity index (χ0) is 13.8. The van der Waals surface area contributed by atoms with E-state index in [9.17, 15) is 0 Å². The highest BCUT2D eigenvalue weighted by Crippen LogP contribution is 2.46. The van der Waals surface area contributed by atoms with Gasteiger partial charge in [0, 0.05) is 19.2 Å². The topological polar surface area (TPSA) is 40.6 Å². The second kappa shape index (κ2) is 6.22. The fourth-order valence-corrected chi connectivity index (χ4v) is 3.15. The molecule has 0 aromatic carbocycles. The van der Waals surface area contributed by atoms with Crippen LogP contribution in [-0.4, -0.2) is 29.1 Å². The summed E-state index contributed by atoms with van der Waals surface area (Å²) < 4.78 is 18.0. The van der Waals surface area contributed by atoms with Crippen LogP contribution < -0.4 is 0 Å². The summed E-state index contributed by atoms with van der Waals surface area (Å²) in [4.78, 5) is 4.37. The smallest absolute Gasteiger partial charge is 0.239 e. The van der Waals surface area contributed by atoms with Crippen molar-refractivity contribution in [2.75, 3.05) is 19.0 Å². The Balaban J connectivity index is 2.28. The lowest BCUT2D eigenvalue weighted by molar-refractivity contribution is -0.243. The number of thioether (sulfide) groups is 1. The summed E-state index contributed by atoms with van der Waals surface area (Å²) in [5, 5.41) is -0.624. The number of pyridine rings is 1. The SMILES string of the molecule is CCOC1(c2ccccn2)COC(CC)(SCC)O1. The molecule has 5 heteroatoms. The van der Waals surface area contributed by atoms with Crippen molar-refractivity contribution < 1.29 is 14.2 Å². The zero-order valence-electron chi connectivity index (χ0n) is 11.7. The van der Waals surface area contributed by atoms with Crippen molar-refractivity contribution in [3.05, 3.63) is 30.1 Å². The molecular formula is C14H21NO3S. The predicted octanol–water partition coefficient (Wildman–Crippen LogP) is 3.13. The molecule has 0 bridgehead atoms. The molecule has 2 unspecified atom stereocenters. The third-order valence-corrected chi connectivity index (χ3v) is 4.25. The summed E-state index contributed by atoms with van der Waals surface area (Å²) in [6.45, 7) is 7.03. The van der Waals surface area contributed by atoms with Crippen molar-refractivity contribution in [2.45, 2.75) is 38.1 Å². The lowest BCUT2D eigenvalue weighted by Crippen LogP contribution is -2.36. The average Bonchev–Trinajstić information content (AvgIpc) is 2.82. The standard InChI is InChI=1S/C14H21NO3S/c1-4-14(19-6-3)17-11-13(18-14,16-5-2)12-9-7-8-10-15-12/h7-10H,4-6,11H2,1-3H3. The van der Waals surface area contributed by atoms with Gasteiger partial charge in [0.1, 0.15) is 12.3 Å². The molecule has 19 heavy (non-hydrogen) atoms. The van der Waals surface area contributed by atoms with Crippen LogP contribution in [0, 0.1) is 0 Å². The van der Waals surface area contributed by atoms with Gasteiger partial charge >= 0.3 is 0 Å². The molecule has 0 radical (unpaired) electrons. The number of ether oxygens (including phenoxy) is 3. The zero-order valence-corrected chi connectivity index (χ0v) is 12.5. The first kappa shape index (κ1) is 14.8. The summed E-state index contributed by atoms with van der Waals surface area (Å²) in [6.07, 6.45) is 2.52. The average molecular weight is 283 g/mol. The number of rotatable bonds is 6. The Morgan fingerprint density at radius 1 is 1.37 bits per heavy atom. The number of hydrogen-bond donors (Lipinski definition) is 0. The third-order valence-electron chi connectivity index (χ3n) is 3.03. The Labute approximate surface area is 118 Å². The molecule has 2 heterocycles. The van der Waals surface area contributed by atoms with Crippen LogP contribution in [0.4, 0.5) is 0 Å². The minimum Gasteiger partial charge on any atom is -0.343 e. The van der Waals surface area contributed by atoms with Crippen molar-refractivity contribution >= 4 is 11.8 Å². The fraction of sp³-hybridized carbons (Fsp3) is 0.643. The summed E-state index contributed by atoms with van der Waals surface area (Å²) in [5.41, 5.74) is 0.767. The number of hydrogen-bond acceptors (Lipinski definition) is 5. The maximum Gasteiger partial charge on any atom is 0.239 e. The van der Waals surface area contributed by atoms with Crippen LogP contribution in [0.15, 0.2) is 24.4 Å². The van der Waals surface area contributed by atoms with Crippen molar-refractivity contribution in [1.82, 2.24) is 4.98 Å². The van der Waals surface area contributed by atoms with Crippen molar-refractivity contribution in [3.8, 4) is 0 Å². The second-order valence-corrected chi connectivity index (χ2v) is 5.75. The summed E-state index contributed by atoms with van der Waals surface area (Å²) in [7, 11) is 0. The first-order valence-electron chi connectivity index (χ1n) is 6.74. The van der Waals surface area contributed by atoms with Gasteiger partial charge in [-0.2, -0.15) is 0 Å². The van der Waals surface area contributed by atoms with Crippen LogP contribution in [0.2, 0.25) is 0 Å². The monoisotopic (exact) mass is 283 g/mol. The van der Waals surface area contributed by atoms with E-state index >= 15 is 0 Å². The van der Waals surface area contributed by atoms with Crippen molar-refractivity contribution in [1.29, 1.82) is 0 Å². The number of aromatic nitrogens is 1. The van der Waals surface area contributed by atoms with E-state index < -0.39 is 10.9 Å². The maximum atomic E-state index is 6.21. The molecule has 4 nitrogen and oxygen atoms in total. The van der Waals surface area contributed by atoms with Crippen LogP contribution in [0.25, 0.3) is 0 Å². The Kier molecular flexibility index (Phi) is 4.84. The van der Waals surface area contributed by atoms with Crippen molar-refractivity contribution in [3.63, 3.8) is 0 Å². The van der Waals surface area contributed by atoms with E-state index in [0.29, 0.717) is 13.2 Å². The van der Waals surface area contributed by atoms with E-state index in [1.54, 1.807) is 18.0 Å². The van der Waals surface area contributed by atoms with E-state index in [1.807, 2.05) is 25.1 Å². The fourth-order valence-electron chi connectivity index (χ4n) is 2.17. The van der Waals surface area contributed by atoms with E-state index in [2.05, 4.69) is 18.8 Å². The van der Waals surface area contributed by atoms with Gasteiger partial charge in [0.25, 0.3) is 0 Å². The molecule has 1 aliphatic rings. The second-order valence-electron chi connectivity index (χ2n) is 4.26. The van der Waals surface area contributed by atoms with E-state index in [4.69, 9.17) is 14.2 Å². The van der Waals surface area contributed by atoms with Gasteiger partial charge < -0.3 is 14.2 Å². The molecule has 0 aliphatic carbocycles. The lowest BCUT2D eigenvalue weighted by atomic mass is 10.2. The minimum absolute atomic E-state index is 0.374. The molecule has 2 atom stereocenters. The lowest BCUT2D eigenvalue weighted by Gasteiger charge is -2.30. The molecule has 0 saturated carbocycles. The summed E-state index contributed by atoms with van der Waals surface area (Å²) in [6, 6.07) is 5.74. The van der Waals surface area contributed by atoms with Gasteiger partial charge in [-0.3, -0.25) is 4.98 Å². The summed E-state index contributed by atoms with van der Waals surface area (Å²) in [5.74, 6) is 0.0481. The van der Waals surface area contributed by atoms with Gasteiger partial charge in [0.15, 0.2) is 0 Å². The van der Waals surface area contributed by atoms with Gasteiger partial charge in [-0.25, -0.2) is 0 Å². The first-order chi connectivity index (χ1) is 9.20. The van der Waals surface area contributed by atoms with Crippen LogP contribution in [-0.2, 0) is 20.0 Å². The normalized spacial score (nSPS) is 30.7. The van der Waals surface area contributed by atoms with E-state index in [0.717, 1.165) is 17.9 Å². The predicted molar refractivity (Wildman–Crippen MR) is 75.7 cm³/mol. The van der Waals surface area contributed by atoms with E-state index in [1.165, 1.54) is 0 Å². The van der Waals surface area contributed by atoms with Crippen LogP contribution in [0.1, 0.15) is 32.9 Å². The van der Waals surface area contributed by atoms with Crippen LogP contribution in [0.5, 0.6) is 0 Å². The molecule has 1 fully saturated rings. The molecule has 0 amide bonds. The van der Waals surface area contributed by atoms with E-state index in [-0.39, 0.29) is 0 Å². The highest BCUT2D eigenvalue weighted by atomic mass is 32.2. The molecule has 1 aromatic heterocycles. The molecule has 1 aliphatic heterocycles. The third kappa shape index (κ3) is 2.94. The molecule has 0 spiro atoms. The highest BCUT2D eigenvalue weighted by molar-refractivity contribution is 8.00. The highest BCUT2D eigenvalue weighted by Gasteiger charge is 2.52. The Morgan fingerprint density at radius 3 is 2.79 bits per heavy atom.